The fraction of sp³-hybridized carbons (Fsp3) is 0.176. The molecule has 3 aromatic rings. The first-order chi connectivity index (χ1) is 11.0. The summed E-state index contributed by atoms with van der Waals surface area (Å²) < 4.78 is 6.57. The topological polar surface area (TPSA) is 64.2 Å². The van der Waals surface area contributed by atoms with E-state index in [-0.39, 0.29) is 18.9 Å². The van der Waals surface area contributed by atoms with Crippen LogP contribution in [0.4, 0.5) is 5.69 Å². The minimum Gasteiger partial charge on any atom is -0.408 e. The van der Waals surface area contributed by atoms with Crippen LogP contribution in [0.1, 0.15) is 12.0 Å². The molecule has 0 aliphatic carbocycles. The van der Waals surface area contributed by atoms with Gasteiger partial charge in [0.15, 0.2) is 5.58 Å². The fourth-order valence-corrected chi connectivity index (χ4v) is 2.55. The Kier molecular flexibility index (Phi) is 4.21. The summed E-state index contributed by atoms with van der Waals surface area (Å²) in [5.41, 5.74) is 2.81. The van der Waals surface area contributed by atoms with Gasteiger partial charge in [0, 0.05) is 29.7 Å². The van der Waals surface area contributed by atoms with Gasteiger partial charge >= 0.3 is 5.76 Å². The number of aromatic nitrogens is 1. The Morgan fingerprint density at radius 2 is 2.04 bits per heavy atom. The van der Waals surface area contributed by atoms with Gasteiger partial charge in [0.25, 0.3) is 0 Å². The molecule has 0 aliphatic heterocycles. The number of hydrogen-bond acceptors (Lipinski definition) is 3. The minimum absolute atomic E-state index is 0.158. The van der Waals surface area contributed by atoms with E-state index in [4.69, 9.17) is 16.0 Å². The molecule has 0 saturated heterocycles. The molecule has 118 valence electrons. The van der Waals surface area contributed by atoms with E-state index in [2.05, 4.69) is 5.32 Å². The van der Waals surface area contributed by atoms with Crippen molar-refractivity contribution in [3.63, 3.8) is 0 Å². The first-order valence-electron chi connectivity index (χ1n) is 7.19. The Hall–Kier alpha value is -2.53. The molecular weight excluding hydrogens is 316 g/mol. The number of anilines is 1. The van der Waals surface area contributed by atoms with Gasteiger partial charge in [-0.05, 0) is 30.7 Å². The van der Waals surface area contributed by atoms with Gasteiger partial charge in [-0.1, -0.05) is 29.8 Å². The van der Waals surface area contributed by atoms with Gasteiger partial charge in [-0.25, -0.2) is 4.79 Å². The molecular formula is C17H15ClN2O3. The number of aryl methyl sites for hydroxylation is 2. The highest BCUT2D eigenvalue weighted by molar-refractivity contribution is 6.31. The van der Waals surface area contributed by atoms with Crippen LogP contribution in [-0.2, 0) is 11.3 Å². The zero-order valence-corrected chi connectivity index (χ0v) is 13.3. The number of amides is 1. The molecule has 23 heavy (non-hydrogen) atoms. The summed E-state index contributed by atoms with van der Waals surface area (Å²) in [5, 5.41) is 3.34. The molecule has 6 heteroatoms. The van der Waals surface area contributed by atoms with Crippen molar-refractivity contribution in [3.8, 4) is 0 Å². The molecule has 1 amide bonds. The maximum absolute atomic E-state index is 12.1. The van der Waals surface area contributed by atoms with Crippen molar-refractivity contribution >= 4 is 34.3 Å². The number of carbonyl (C=O) groups excluding carboxylic acids is 1. The van der Waals surface area contributed by atoms with E-state index < -0.39 is 5.76 Å². The maximum Gasteiger partial charge on any atom is 0.419 e. The lowest BCUT2D eigenvalue weighted by Gasteiger charge is -2.08. The lowest BCUT2D eigenvalue weighted by Crippen LogP contribution is -2.20. The summed E-state index contributed by atoms with van der Waals surface area (Å²) in [4.78, 5) is 24.0. The first kappa shape index (κ1) is 15.4. The van der Waals surface area contributed by atoms with Crippen molar-refractivity contribution in [2.24, 2.45) is 0 Å². The van der Waals surface area contributed by atoms with Crippen molar-refractivity contribution in [1.82, 2.24) is 4.57 Å². The Labute approximate surface area is 137 Å². The lowest BCUT2D eigenvalue weighted by atomic mass is 10.2. The largest absolute Gasteiger partial charge is 0.419 e. The predicted molar refractivity (Wildman–Crippen MR) is 89.9 cm³/mol. The standard InChI is InChI=1S/C17H15ClN2O3/c1-11-4-2-3-5-13(11)19-16(21)8-9-20-14-7-6-12(18)10-15(14)23-17(20)22/h2-7,10H,8-9H2,1H3,(H,19,21). The van der Waals surface area contributed by atoms with Gasteiger partial charge in [0.05, 0.1) is 5.52 Å². The number of hydrogen-bond donors (Lipinski definition) is 1. The van der Waals surface area contributed by atoms with Gasteiger partial charge in [-0.2, -0.15) is 0 Å². The minimum atomic E-state index is -0.494. The second kappa shape index (κ2) is 6.30. The average Bonchev–Trinajstić information content (AvgIpc) is 2.82. The van der Waals surface area contributed by atoms with Crippen LogP contribution < -0.4 is 11.1 Å². The highest BCUT2D eigenvalue weighted by Gasteiger charge is 2.11. The zero-order chi connectivity index (χ0) is 16.4. The number of oxazole rings is 1. The van der Waals surface area contributed by atoms with Gasteiger partial charge < -0.3 is 9.73 Å². The molecule has 0 fully saturated rings. The summed E-state index contributed by atoms with van der Waals surface area (Å²) in [5.74, 6) is -0.652. The van der Waals surface area contributed by atoms with Gasteiger partial charge in [-0.15, -0.1) is 0 Å². The third-order valence-electron chi connectivity index (χ3n) is 3.61. The summed E-state index contributed by atoms with van der Waals surface area (Å²) in [6, 6.07) is 12.5. The monoisotopic (exact) mass is 330 g/mol. The van der Waals surface area contributed by atoms with E-state index in [1.54, 1.807) is 18.2 Å². The lowest BCUT2D eigenvalue weighted by molar-refractivity contribution is -0.116. The Bertz CT molecular complexity index is 927. The van der Waals surface area contributed by atoms with Crippen molar-refractivity contribution in [2.75, 3.05) is 5.32 Å². The van der Waals surface area contributed by atoms with E-state index in [1.165, 1.54) is 4.57 Å². The van der Waals surface area contributed by atoms with Gasteiger partial charge in [0.1, 0.15) is 0 Å². The molecule has 0 radical (unpaired) electrons. The molecule has 1 heterocycles. The molecule has 0 spiro atoms. The number of carbonyl (C=O) groups is 1. The van der Waals surface area contributed by atoms with E-state index in [1.807, 2.05) is 31.2 Å². The number of para-hydroxylation sites is 1. The fourth-order valence-electron chi connectivity index (χ4n) is 2.39. The summed E-state index contributed by atoms with van der Waals surface area (Å²) >= 11 is 5.88. The number of nitrogens with zero attached hydrogens (tertiary/aromatic N) is 1. The second-order valence-electron chi connectivity index (χ2n) is 5.24. The molecule has 2 aromatic carbocycles. The van der Waals surface area contributed by atoms with Crippen LogP contribution in [0.2, 0.25) is 5.02 Å². The summed E-state index contributed by atoms with van der Waals surface area (Å²) in [6.45, 7) is 2.17. The highest BCUT2D eigenvalue weighted by atomic mass is 35.5. The molecule has 1 aromatic heterocycles. The molecule has 5 nitrogen and oxygen atoms in total. The number of benzene rings is 2. The predicted octanol–water partition coefficient (Wildman–Crippen LogP) is 3.59. The number of rotatable bonds is 4. The highest BCUT2D eigenvalue weighted by Crippen LogP contribution is 2.19. The molecule has 0 atom stereocenters. The van der Waals surface area contributed by atoms with E-state index in [9.17, 15) is 9.59 Å². The SMILES string of the molecule is Cc1ccccc1NC(=O)CCn1c(=O)oc2cc(Cl)ccc21. The summed E-state index contributed by atoms with van der Waals surface area (Å²) in [7, 11) is 0. The smallest absolute Gasteiger partial charge is 0.408 e. The van der Waals surface area contributed by atoms with E-state index in [0.717, 1.165) is 11.3 Å². The number of nitrogens with one attached hydrogen (secondary N) is 1. The number of fused-ring (bicyclic) bond motifs is 1. The van der Waals surface area contributed by atoms with E-state index >= 15 is 0 Å². The third kappa shape index (κ3) is 3.29. The van der Waals surface area contributed by atoms with Crippen LogP contribution >= 0.6 is 11.6 Å². The van der Waals surface area contributed by atoms with Crippen molar-refractivity contribution < 1.29 is 9.21 Å². The van der Waals surface area contributed by atoms with Crippen LogP contribution in [0, 0.1) is 6.92 Å². The Balaban J connectivity index is 1.73. The van der Waals surface area contributed by atoms with Crippen molar-refractivity contribution in [2.45, 2.75) is 19.9 Å². The molecule has 3 rings (SSSR count). The molecule has 0 bridgehead atoms. The number of halogens is 1. The van der Waals surface area contributed by atoms with Crippen LogP contribution in [0.25, 0.3) is 11.1 Å². The van der Waals surface area contributed by atoms with Crippen LogP contribution in [0.5, 0.6) is 0 Å². The summed E-state index contributed by atoms with van der Waals surface area (Å²) in [6.07, 6.45) is 0.172. The molecule has 1 N–H and O–H groups in total. The third-order valence-corrected chi connectivity index (χ3v) is 3.85. The van der Waals surface area contributed by atoms with Gasteiger partial charge in [-0.3, -0.25) is 9.36 Å². The van der Waals surface area contributed by atoms with Crippen LogP contribution in [0.3, 0.4) is 0 Å². The second-order valence-corrected chi connectivity index (χ2v) is 5.68. The average molecular weight is 331 g/mol. The van der Waals surface area contributed by atoms with Crippen molar-refractivity contribution in [3.05, 3.63) is 63.6 Å². The van der Waals surface area contributed by atoms with Crippen LogP contribution in [-0.4, -0.2) is 10.5 Å². The normalized spacial score (nSPS) is 10.9. The molecule has 0 aliphatic rings. The maximum atomic E-state index is 12.1. The van der Waals surface area contributed by atoms with Crippen molar-refractivity contribution in [1.29, 1.82) is 0 Å². The first-order valence-corrected chi connectivity index (χ1v) is 7.57. The van der Waals surface area contributed by atoms with E-state index in [0.29, 0.717) is 16.1 Å². The van der Waals surface area contributed by atoms with Gasteiger partial charge in [0.2, 0.25) is 5.91 Å². The molecule has 0 unspecified atom stereocenters. The Morgan fingerprint density at radius 3 is 2.83 bits per heavy atom. The van der Waals surface area contributed by atoms with Crippen LogP contribution in [0.15, 0.2) is 51.7 Å². The zero-order valence-electron chi connectivity index (χ0n) is 12.5. The molecule has 0 saturated carbocycles. The quantitative estimate of drug-likeness (QED) is 0.795. The Morgan fingerprint density at radius 1 is 1.26 bits per heavy atom.